The summed E-state index contributed by atoms with van der Waals surface area (Å²) in [4.78, 5) is 14.2. The average molecular weight is 342 g/mol. The highest BCUT2D eigenvalue weighted by Gasteiger charge is 2.24. The molecule has 1 fully saturated rings. The molecule has 3 rings (SSSR count). The Morgan fingerprint density at radius 2 is 1.92 bits per heavy atom. The lowest BCUT2D eigenvalue weighted by atomic mass is 10.1. The summed E-state index contributed by atoms with van der Waals surface area (Å²) in [6.45, 7) is 3.74. The molecule has 0 aromatic heterocycles. The molecule has 0 bridgehead atoms. The van der Waals surface area contributed by atoms with Crippen molar-refractivity contribution in [1.82, 2.24) is 4.90 Å². The van der Waals surface area contributed by atoms with E-state index in [0.717, 1.165) is 36.2 Å². The smallest absolute Gasteiger partial charge is 0.321 e. The molecule has 2 aromatic carbocycles. The second-order valence-corrected chi connectivity index (χ2v) is 6.44. The predicted octanol–water partition coefficient (Wildman–Crippen LogP) is 4.35. The van der Waals surface area contributed by atoms with Crippen molar-refractivity contribution in [1.29, 1.82) is 0 Å². The lowest BCUT2D eigenvalue weighted by molar-refractivity contribution is 0.000999. The van der Waals surface area contributed by atoms with E-state index in [-0.39, 0.29) is 18.0 Å². The zero-order valence-electron chi connectivity index (χ0n) is 14.4. The normalized spacial score (nSPS) is 17.4. The van der Waals surface area contributed by atoms with E-state index in [9.17, 15) is 9.18 Å². The van der Waals surface area contributed by atoms with E-state index >= 15 is 0 Å². The topological polar surface area (TPSA) is 41.6 Å². The molecule has 132 valence electrons. The first-order chi connectivity index (χ1) is 12.1. The third-order valence-corrected chi connectivity index (χ3v) is 4.37. The van der Waals surface area contributed by atoms with Gasteiger partial charge in [-0.05, 0) is 49.6 Å². The number of aryl methyl sites for hydroxylation is 1. The van der Waals surface area contributed by atoms with E-state index in [1.807, 2.05) is 31.2 Å². The lowest BCUT2D eigenvalue weighted by Crippen LogP contribution is -2.45. The predicted molar refractivity (Wildman–Crippen MR) is 96.0 cm³/mol. The number of likely N-dealkylation sites (tertiary alicyclic amines) is 1. The average Bonchev–Trinajstić information content (AvgIpc) is 2.63. The van der Waals surface area contributed by atoms with Gasteiger partial charge in [-0.15, -0.1) is 0 Å². The number of halogens is 1. The van der Waals surface area contributed by atoms with Crippen molar-refractivity contribution in [3.63, 3.8) is 0 Å². The highest BCUT2D eigenvalue weighted by molar-refractivity contribution is 5.89. The summed E-state index contributed by atoms with van der Waals surface area (Å²) in [5.74, 6) is -0.250. The van der Waals surface area contributed by atoms with Gasteiger partial charge >= 0.3 is 6.03 Å². The van der Waals surface area contributed by atoms with Gasteiger partial charge < -0.3 is 15.0 Å². The fourth-order valence-corrected chi connectivity index (χ4v) is 2.89. The van der Waals surface area contributed by atoms with Crippen LogP contribution in [0.4, 0.5) is 14.9 Å². The van der Waals surface area contributed by atoms with Gasteiger partial charge in [0.1, 0.15) is 5.82 Å². The second-order valence-electron chi connectivity index (χ2n) is 6.44. The maximum absolute atomic E-state index is 12.9. The summed E-state index contributed by atoms with van der Waals surface area (Å²) in [5, 5.41) is 2.93. The fraction of sp³-hybridized carbons (Fsp3) is 0.350. The van der Waals surface area contributed by atoms with Crippen LogP contribution in [0.1, 0.15) is 24.0 Å². The van der Waals surface area contributed by atoms with Crippen LogP contribution in [0.3, 0.4) is 0 Å². The Kier molecular flexibility index (Phi) is 5.66. The van der Waals surface area contributed by atoms with E-state index in [0.29, 0.717) is 13.2 Å². The molecule has 0 saturated carbocycles. The maximum atomic E-state index is 12.9. The molecule has 2 amide bonds. The lowest BCUT2D eigenvalue weighted by Gasteiger charge is -2.32. The van der Waals surface area contributed by atoms with Crippen molar-refractivity contribution >= 4 is 11.7 Å². The molecule has 0 aliphatic carbocycles. The largest absolute Gasteiger partial charge is 0.372 e. The summed E-state index contributed by atoms with van der Waals surface area (Å²) >= 11 is 0. The van der Waals surface area contributed by atoms with E-state index < -0.39 is 0 Å². The van der Waals surface area contributed by atoms with Crippen molar-refractivity contribution in [2.75, 3.05) is 18.4 Å². The third kappa shape index (κ3) is 5.03. The summed E-state index contributed by atoms with van der Waals surface area (Å²) in [6.07, 6.45) is 1.84. The first-order valence-corrected chi connectivity index (χ1v) is 8.59. The van der Waals surface area contributed by atoms with Gasteiger partial charge in [0.15, 0.2) is 0 Å². The summed E-state index contributed by atoms with van der Waals surface area (Å²) in [6, 6.07) is 14.0. The SMILES string of the molecule is Cc1ccc(NC(=O)N2CCC[C@H](OCc3ccc(F)cc3)C2)cc1. The monoisotopic (exact) mass is 342 g/mol. The number of piperidine rings is 1. The van der Waals surface area contributed by atoms with Crippen LogP contribution in [0.5, 0.6) is 0 Å². The quantitative estimate of drug-likeness (QED) is 0.898. The summed E-state index contributed by atoms with van der Waals surface area (Å²) in [5.41, 5.74) is 2.89. The number of hydrogen-bond donors (Lipinski definition) is 1. The number of amides is 2. The zero-order valence-corrected chi connectivity index (χ0v) is 14.4. The number of hydrogen-bond acceptors (Lipinski definition) is 2. The molecule has 1 saturated heterocycles. The molecule has 25 heavy (non-hydrogen) atoms. The van der Waals surface area contributed by atoms with Crippen LogP contribution in [0.25, 0.3) is 0 Å². The van der Waals surface area contributed by atoms with Gasteiger partial charge in [-0.1, -0.05) is 29.8 Å². The molecular weight excluding hydrogens is 319 g/mol. The zero-order chi connectivity index (χ0) is 17.6. The second kappa shape index (κ2) is 8.12. The van der Waals surface area contributed by atoms with E-state index in [1.54, 1.807) is 17.0 Å². The van der Waals surface area contributed by atoms with Crippen molar-refractivity contribution < 1.29 is 13.9 Å². The molecule has 5 heteroatoms. The molecule has 0 radical (unpaired) electrons. The molecule has 1 aliphatic heterocycles. The highest BCUT2D eigenvalue weighted by Crippen LogP contribution is 2.17. The van der Waals surface area contributed by atoms with E-state index in [2.05, 4.69) is 5.32 Å². The Morgan fingerprint density at radius 3 is 2.64 bits per heavy atom. The number of urea groups is 1. The summed E-state index contributed by atoms with van der Waals surface area (Å²) in [7, 11) is 0. The van der Waals surface area contributed by atoms with Crippen LogP contribution in [0.2, 0.25) is 0 Å². The molecule has 0 unspecified atom stereocenters. The van der Waals surface area contributed by atoms with E-state index in [4.69, 9.17) is 4.74 Å². The first kappa shape index (κ1) is 17.4. The number of benzene rings is 2. The first-order valence-electron chi connectivity index (χ1n) is 8.59. The van der Waals surface area contributed by atoms with Crippen molar-refractivity contribution in [2.45, 2.75) is 32.5 Å². The van der Waals surface area contributed by atoms with Crippen LogP contribution in [0, 0.1) is 12.7 Å². The molecule has 1 aliphatic rings. The Morgan fingerprint density at radius 1 is 1.20 bits per heavy atom. The molecule has 1 heterocycles. The van der Waals surface area contributed by atoms with Gasteiger partial charge in [0, 0.05) is 18.8 Å². The van der Waals surface area contributed by atoms with Gasteiger partial charge in [0.05, 0.1) is 12.7 Å². The van der Waals surface area contributed by atoms with Gasteiger partial charge in [-0.2, -0.15) is 0 Å². The minimum absolute atomic E-state index is 0.00238. The van der Waals surface area contributed by atoms with Crippen LogP contribution in [-0.4, -0.2) is 30.1 Å². The molecule has 4 nitrogen and oxygen atoms in total. The van der Waals surface area contributed by atoms with Crippen molar-refractivity contribution in [3.8, 4) is 0 Å². The number of anilines is 1. The van der Waals surface area contributed by atoms with Crippen LogP contribution >= 0.6 is 0 Å². The van der Waals surface area contributed by atoms with Crippen molar-refractivity contribution in [2.24, 2.45) is 0 Å². The van der Waals surface area contributed by atoms with Crippen molar-refractivity contribution in [3.05, 3.63) is 65.5 Å². The number of rotatable bonds is 4. The number of nitrogens with one attached hydrogen (secondary N) is 1. The Bertz CT molecular complexity index is 701. The number of carbonyl (C=O) groups is 1. The van der Waals surface area contributed by atoms with Gasteiger partial charge in [0.25, 0.3) is 0 Å². The standard InChI is InChI=1S/C20H23FN2O2/c1-15-4-10-18(11-5-15)22-20(24)23-12-2-3-19(13-23)25-14-16-6-8-17(21)9-7-16/h4-11,19H,2-3,12-14H2,1H3,(H,22,24)/t19-/m0/s1. The Balaban J connectivity index is 1.50. The highest BCUT2D eigenvalue weighted by atomic mass is 19.1. The number of nitrogens with zero attached hydrogens (tertiary/aromatic N) is 1. The maximum Gasteiger partial charge on any atom is 0.321 e. The molecule has 2 aromatic rings. The molecular formula is C20H23FN2O2. The van der Waals surface area contributed by atoms with Gasteiger partial charge in [-0.3, -0.25) is 0 Å². The number of carbonyl (C=O) groups excluding carboxylic acids is 1. The fourth-order valence-electron chi connectivity index (χ4n) is 2.89. The third-order valence-electron chi connectivity index (χ3n) is 4.37. The van der Waals surface area contributed by atoms with Gasteiger partial charge in [-0.25, -0.2) is 9.18 Å². The summed E-state index contributed by atoms with van der Waals surface area (Å²) < 4.78 is 18.8. The van der Waals surface area contributed by atoms with Crippen LogP contribution < -0.4 is 5.32 Å². The minimum atomic E-state index is -0.250. The molecule has 1 N–H and O–H groups in total. The minimum Gasteiger partial charge on any atom is -0.372 e. The molecule has 1 atom stereocenters. The Hall–Kier alpha value is -2.40. The van der Waals surface area contributed by atoms with E-state index in [1.165, 1.54) is 12.1 Å². The Labute approximate surface area is 147 Å². The number of ether oxygens (including phenoxy) is 1. The van der Waals surface area contributed by atoms with Gasteiger partial charge in [0.2, 0.25) is 0 Å². The molecule has 0 spiro atoms. The van der Waals surface area contributed by atoms with Crippen LogP contribution in [0.15, 0.2) is 48.5 Å². The van der Waals surface area contributed by atoms with Crippen LogP contribution in [-0.2, 0) is 11.3 Å².